The van der Waals surface area contributed by atoms with Crippen LogP contribution < -0.4 is 5.73 Å². The highest BCUT2D eigenvalue weighted by Gasteiger charge is 2.15. The van der Waals surface area contributed by atoms with Crippen molar-refractivity contribution in [2.24, 2.45) is 11.7 Å². The highest BCUT2D eigenvalue weighted by molar-refractivity contribution is 5.91. The molecule has 1 aliphatic carbocycles. The highest BCUT2D eigenvalue weighted by Crippen LogP contribution is 2.28. The van der Waals surface area contributed by atoms with E-state index in [1.807, 2.05) is 12.1 Å². The normalized spacial score (nSPS) is 15.5. The lowest BCUT2D eigenvalue weighted by Gasteiger charge is -2.22. The molecule has 1 aliphatic rings. The summed E-state index contributed by atoms with van der Waals surface area (Å²) in [6.07, 6.45) is 9.02. The first-order valence-electron chi connectivity index (χ1n) is 9.07. The fourth-order valence-electron chi connectivity index (χ4n) is 3.90. The molecule has 25 heavy (non-hydrogen) atoms. The fraction of sp³-hybridized carbons (Fsp3) is 0.333. The smallest absolute Gasteiger partial charge is 0.267 e. The summed E-state index contributed by atoms with van der Waals surface area (Å²) in [5, 5.41) is 1.21. The maximum absolute atomic E-state index is 11.3. The molecule has 1 amide bonds. The van der Waals surface area contributed by atoms with Crippen LogP contribution in [0.3, 0.4) is 0 Å². The number of carbonyl (C=O) groups is 1. The summed E-state index contributed by atoms with van der Waals surface area (Å²) in [6.45, 7) is 1.11. The second kappa shape index (κ2) is 6.71. The van der Waals surface area contributed by atoms with Gasteiger partial charge in [-0.3, -0.25) is 4.79 Å². The standard InChI is InChI=1S/C21H23N3O/c22-21(25)19-8-4-7-18(23-19)16-9-10-20-17(13-16)11-12-24(20)14-15-5-2-1-3-6-15/h4,7-13,15H,1-3,5-6,14H2,(H2,22,25). The predicted octanol–water partition coefficient (Wildman–Crippen LogP) is 4.38. The lowest BCUT2D eigenvalue weighted by atomic mass is 9.89. The molecule has 0 unspecified atom stereocenters. The van der Waals surface area contributed by atoms with Gasteiger partial charge in [0.25, 0.3) is 5.91 Å². The van der Waals surface area contributed by atoms with Gasteiger partial charge in [-0.15, -0.1) is 0 Å². The Balaban J connectivity index is 1.63. The Morgan fingerprint density at radius 3 is 2.76 bits per heavy atom. The van der Waals surface area contributed by atoms with E-state index in [9.17, 15) is 4.79 Å². The number of nitrogens with two attached hydrogens (primary N) is 1. The van der Waals surface area contributed by atoms with Crippen molar-refractivity contribution in [3.8, 4) is 11.3 Å². The first-order chi connectivity index (χ1) is 12.2. The average molecular weight is 333 g/mol. The largest absolute Gasteiger partial charge is 0.364 e. The van der Waals surface area contributed by atoms with Crippen molar-refractivity contribution < 1.29 is 4.79 Å². The number of carbonyl (C=O) groups excluding carboxylic acids is 1. The third-order valence-corrected chi connectivity index (χ3v) is 5.25. The molecule has 4 heteroatoms. The van der Waals surface area contributed by atoms with E-state index < -0.39 is 5.91 Å². The molecular formula is C21H23N3O. The van der Waals surface area contributed by atoms with Gasteiger partial charge < -0.3 is 10.3 Å². The van der Waals surface area contributed by atoms with Gasteiger partial charge in [0.05, 0.1) is 5.69 Å². The zero-order chi connectivity index (χ0) is 17.2. The van der Waals surface area contributed by atoms with Crippen LogP contribution in [-0.2, 0) is 6.54 Å². The molecule has 4 rings (SSSR count). The molecule has 1 saturated carbocycles. The van der Waals surface area contributed by atoms with Crippen LogP contribution in [0.15, 0.2) is 48.7 Å². The summed E-state index contributed by atoms with van der Waals surface area (Å²) in [7, 11) is 0. The quantitative estimate of drug-likeness (QED) is 0.770. The summed E-state index contributed by atoms with van der Waals surface area (Å²) in [6, 6.07) is 13.9. The third kappa shape index (κ3) is 3.29. The average Bonchev–Trinajstić information content (AvgIpc) is 3.05. The van der Waals surface area contributed by atoms with E-state index in [4.69, 9.17) is 5.73 Å². The number of amides is 1. The van der Waals surface area contributed by atoms with Crippen molar-refractivity contribution >= 4 is 16.8 Å². The Labute approximate surface area is 147 Å². The molecule has 3 aromatic rings. The number of nitrogens with zero attached hydrogens (tertiary/aromatic N) is 2. The Hall–Kier alpha value is -2.62. The Morgan fingerprint density at radius 2 is 1.96 bits per heavy atom. The van der Waals surface area contributed by atoms with Crippen molar-refractivity contribution in [1.29, 1.82) is 0 Å². The maximum atomic E-state index is 11.3. The minimum absolute atomic E-state index is 0.299. The van der Waals surface area contributed by atoms with E-state index >= 15 is 0 Å². The van der Waals surface area contributed by atoms with Crippen molar-refractivity contribution in [2.75, 3.05) is 0 Å². The molecular weight excluding hydrogens is 310 g/mol. The molecule has 2 heterocycles. The van der Waals surface area contributed by atoms with Gasteiger partial charge in [0.15, 0.2) is 0 Å². The number of hydrogen-bond donors (Lipinski definition) is 1. The molecule has 0 atom stereocenters. The lowest BCUT2D eigenvalue weighted by Crippen LogP contribution is -2.13. The zero-order valence-corrected chi connectivity index (χ0v) is 14.3. The molecule has 0 saturated heterocycles. The van der Waals surface area contributed by atoms with Crippen molar-refractivity contribution in [3.05, 3.63) is 54.4 Å². The number of pyridine rings is 1. The van der Waals surface area contributed by atoms with Crippen LogP contribution in [0.1, 0.15) is 42.6 Å². The van der Waals surface area contributed by atoms with E-state index in [0.717, 1.165) is 23.7 Å². The highest BCUT2D eigenvalue weighted by atomic mass is 16.1. The molecule has 4 nitrogen and oxygen atoms in total. The van der Waals surface area contributed by atoms with E-state index in [1.54, 1.807) is 6.07 Å². The number of hydrogen-bond acceptors (Lipinski definition) is 2. The van der Waals surface area contributed by atoms with Gasteiger partial charge in [-0.2, -0.15) is 0 Å². The van der Waals surface area contributed by atoms with Crippen molar-refractivity contribution in [3.63, 3.8) is 0 Å². The number of benzene rings is 1. The predicted molar refractivity (Wildman–Crippen MR) is 100 cm³/mol. The van der Waals surface area contributed by atoms with Gasteiger partial charge >= 0.3 is 0 Å². The van der Waals surface area contributed by atoms with Crippen molar-refractivity contribution in [2.45, 2.75) is 38.6 Å². The van der Waals surface area contributed by atoms with E-state index in [2.05, 4.69) is 40.0 Å². The number of rotatable bonds is 4. The number of fused-ring (bicyclic) bond motifs is 1. The molecule has 2 aromatic heterocycles. The second-order valence-electron chi connectivity index (χ2n) is 7.02. The van der Waals surface area contributed by atoms with Crippen LogP contribution in [-0.4, -0.2) is 15.5 Å². The molecule has 0 spiro atoms. The summed E-state index contributed by atoms with van der Waals surface area (Å²) >= 11 is 0. The first-order valence-corrected chi connectivity index (χ1v) is 9.07. The summed E-state index contributed by atoms with van der Waals surface area (Å²) in [5.74, 6) is 0.305. The summed E-state index contributed by atoms with van der Waals surface area (Å²) < 4.78 is 2.38. The molecule has 0 radical (unpaired) electrons. The van der Waals surface area contributed by atoms with Gasteiger partial charge in [0.1, 0.15) is 5.69 Å². The van der Waals surface area contributed by atoms with Crippen LogP contribution in [0.4, 0.5) is 0 Å². The molecule has 128 valence electrons. The van der Waals surface area contributed by atoms with Gasteiger partial charge in [-0.05, 0) is 49.1 Å². The SMILES string of the molecule is NC(=O)c1cccc(-c2ccc3c(ccn3CC3CCCCC3)c2)n1. The Kier molecular flexibility index (Phi) is 4.26. The van der Waals surface area contributed by atoms with Crippen LogP contribution >= 0.6 is 0 Å². The molecule has 0 bridgehead atoms. The lowest BCUT2D eigenvalue weighted by molar-refractivity contribution is 0.0995. The summed E-state index contributed by atoms with van der Waals surface area (Å²) in [5.41, 5.74) is 8.68. The minimum Gasteiger partial charge on any atom is -0.364 e. The van der Waals surface area contributed by atoms with Crippen LogP contribution in [0.25, 0.3) is 22.2 Å². The van der Waals surface area contributed by atoms with Crippen LogP contribution in [0, 0.1) is 5.92 Å². The number of primary amides is 1. The monoisotopic (exact) mass is 333 g/mol. The van der Waals surface area contributed by atoms with Gasteiger partial charge in [0, 0.05) is 29.2 Å². The molecule has 1 fully saturated rings. The fourth-order valence-corrected chi connectivity index (χ4v) is 3.90. The van der Waals surface area contributed by atoms with Gasteiger partial charge in [0.2, 0.25) is 0 Å². The Bertz CT molecular complexity index is 906. The molecule has 2 N–H and O–H groups in total. The zero-order valence-electron chi connectivity index (χ0n) is 14.3. The molecule has 1 aromatic carbocycles. The summed E-state index contributed by atoms with van der Waals surface area (Å²) in [4.78, 5) is 15.7. The van der Waals surface area contributed by atoms with E-state index in [-0.39, 0.29) is 0 Å². The minimum atomic E-state index is -0.499. The van der Waals surface area contributed by atoms with Crippen LogP contribution in [0.5, 0.6) is 0 Å². The van der Waals surface area contributed by atoms with Crippen molar-refractivity contribution in [1.82, 2.24) is 9.55 Å². The van der Waals surface area contributed by atoms with E-state index in [0.29, 0.717) is 5.69 Å². The third-order valence-electron chi connectivity index (χ3n) is 5.25. The second-order valence-corrected chi connectivity index (χ2v) is 7.02. The van der Waals surface area contributed by atoms with Gasteiger partial charge in [-0.1, -0.05) is 31.4 Å². The topological polar surface area (TPSA) is 60.9 Å². The molecule has 0 aliphatic heterocycles. The number of aromatic nitrogens is 2. The van der Waals surface area contributed by atoms with E-state index in [1.165, 1.54) is 43.0 Å². The first kappa shape index (κ1) is 15.9. The maximum Gasteiger partial charge on any atom is 0.267 e. The van der Waals surface area contributed by atoms with Crippen LogP contribution in [0.2, 0.25) is 0 Å². The van der Waals surface area contributed by atoms with Gasteiger partial charge in [-0.25, -0.2) is 4.98 Å². The Morgan fingerprint density at radius 1 is 1.12 bits per heavy atom.